The first-order valence-electron chi connectivity index (χ1n) is 5.71. The molecule has 1 nitrogen and oxygen atoms in total. The molecule has 92 valence electrons. The molecule has 0 aliphatic rings. The molecule has 3 heteroatoms. The summed E-state index contributed by atoms with van der Waals surface area (Å²) in [5, 5.41) is 0. The lowest BCUT2D eigenvalue weighted by Gasteiger charge is -2.06. The number of benzene rings is 2. The Bertz CT molecular complexity index is 571. The fourth-order valence-electron chi connectivity index (χ4n) is 1.83. The predicted molar refractivity (Wildman–Crippen MR) is 66.4 cm³/mol. The highest BCUT2D eigenvalue weighted by Gasteiger charge is 2.12. The van der Waals surface area contributed by atoms with E-state index in [1.165, 1.54) is 24.3 Å². The van der Waals surface area contributed by atoms with E-state index in [-0.39, 0.29) is 11.3 Å². The number of hydrogen-bond donors (Lipinski definition) is 0. The maximum Gasteiger partial charge on any atom is 0.162 e. The number of rotatable bonds is 3. The number of carbonyl (C=O) groups is 1. The quantitative estimate of drug-likeness (QED) is 0.741. The third-order valence-corrected chi connectivity index (χ3v) is 2.76. The summed E-state index contributed by atoms with van der Waals surface area (Å²) in [5.41, 5.74) is 0.755. The summed E-state index contributed by atoms with van der Waals surface area (Å²) in [6.45, 7) is 1.75. The van der Waals surface area contributed by atoms with Crippen molar-refractivity contribution in [3.05, 3.63) is 59.7 Å². The molecule has 2 aromatic rings. The van der Waals surface area contributed by atoms with Gasteiger partial charge in [-0.1, -0.05) is 31.2 Å². The van der Waals surface area contributed by atoms with Gasteiger partial charge in [-0.2, -0.15) is 0 Å². The van der Waals surface area contributed by atoms with E-state index in [0.29, 0.717) is 17.5 Å². The first-order chi connectivity index (χ1) is 8.63. The Kier molecular flexibility index (Phi) is 3.51. The molecule has 0 bridgehead atoms. The Balaban J connectivity index is 2.55. The molecule has 0 heterocycles. The fourth-order valence-corrected chi connectivity index (χ4v) is 1.83. The average Bonchev–Trinajstić information content (AvgIpc) is 2.38. The van der Waals surface area contributed by atoms with Crippen LogP contribution in [-0.4, -0.2) is 5.78 Å². The van der Waals surface area contributed by atoms with Gasteiger partial charge in [-0.15, -0.1) is 0 Å². The van der Waals surface area contributed by atoms with Crippen molar-refractivity contribution in [2.45, 2.75) is 13.3 Å². The molecular weight excluding hydrogens is 234 g/mol. The summed E-state index contributed by atoms with van der Waals surface area (Å²) in [6, 6.07) is 10.1. The number of carbonyl (C=O) groups excluding carboxylic acids is 1. The van der Waals surface area contributed by atoms with E-state index < -0.39 is 11.6 Å². The normalized spacial score (nSPS) is 10.4. The van der Waals surface area contributed by atoms with E-state index in [9.17, 15) is 13.6 Å². The highest BCUT2D eigenvalue weighted by molar-refractivity contribution is 5.97. The van der Waals surface area contributed by atoms with Gasteiger partial charge in [-0.3, -0.25) is 4.79 Å². The SMILES string of the molecule is CCC(=O)c1cccc(-c2c(F)cccc2F)c1. The van der Waals surface area contributed by atoms with Crippen LogP contribution >= 0.6 is 0 Å². The van der Waals surface area contributed by atoms with Crippen LogP contribution in [0.15, 0.2) is 42.5 Å². The highest BCUT2D eigenvalue weighted by Crippen LogP contribution is 2.26. The first kappa shape index (κ1) is 12.4. The summed E-state index contributed by atoms with van der Waals surface area (Å²) in [5.74, 6) is -1.30. The van der Waals surface area contributed by atoms with E-state index in [1.54, 1.807) is 25.1 Å². The Morgan fingerprint density at radius 1 is 1.06 bits per heavy atom. The molecule has 0 aliphatic carbocycles. The second-order valence-corrected chi connectivity index (χ2v) is 3.95. The monoisotopic (exact) mass is 246 g/mol. The molecule has 18 heavy (non-hydrogen) atoms. The molecule has 0 N–H and O–H groups in total. The van der Waals surface area contributed by atoms with Crippen molar-refractivity contribution >= 4 is 5.78 Å². The molecule has 0 spiro atoms. The van der Waals surface area contributed by atoms with Crippen LogP contribution in [-0.2, 0) is 0 Å². The van der Waals surface area contributed by atoms with Gasteiger partial charge >= 0.3 is 0 Å². The summed E-state index contributed by atoms with van der Waals surface area (Å²) >= 11 is 0. The van der Waals surface area contributed by atoms with E-state index in [4.69, 9.17) is 0 Å². The largest absolute Gasteiger partial charge is 0.294 e. The smallest absolute Gasteiger partial charge is 0.162 e. The molecule has 0 atom stereocenters. The second-order valence-electron chi connectivity index (χ2n) is 3.95. The topological polar surface area (TPSA) is 17.1 Å². The van der Waals surface area contributed by atoms with E-state index in [0.717, 1.165) is 0 Å². The maximum atomic E-state index is 13.6. The van der Waals surface area contributed by atoms with Gasteiger partial charge in [-0.05, 0) is 23.8 Å². The number of ketones is 1. The molecular formula is C15H12F2O. The Labute approximate surface area is 104 Å². The van der Waals surface area contributed by atoms with Crippen LogP contribution in [0.2, 0.25) is 0 Å². The minimum absolute atomic E-state index is 0.0476. The van der Waals surface area contributed by atoms with Crippen LogP contribution in [0.25, 0.3) is 11.1 Å². The van der Waals surface area contributed by atoms with Gasteiger partial charge in [0.15, 0.2) is 5.78 Å². The van der Waals surface area contributed by atoms with Gasteiger partial charge in [0.25, 0.3) is 0 Å². The Morgan fingerprint density at radius 3 is 2.28 bits per heavy atom. The number of Topliss-reactive ketones (excluding diaryl/α,β-unsaturated/α-hetero) is 1. The molecule has 0 saturated carbocycles. The molecule has 0 aromatic heterocycles. The summed E-state index contributed by atoms with van der Waals surface area (Å²) in [7, 11) is 0. The van der Waals surface area contributed by atoms with Crippen molar-refractivity contribution in [1.82, 2.24) is 0 Å². The van der Waals surface area contributed by atoms with Crippen molar-refractivity contribution in [3.63, 3.8) is 0 Å². The summed E-state index contributed by atoms with van der Waals surface area (Å²) in [6.07, 6.45) is 0.364. The fraction of sp³-hybridized carbons (Fsp3) is 0.133. The molecule has 0 aliphatic heterocycles. The van der Waals surface area contributed by atoms with Gasteiger partial charge in [0, 0.05) is 12.0 Å². The standard InChI is InChI=1S/C15H12F2O/c1-2-14(18)10-5-3-6-11(9-10)15-12(16)7-4-8-13(15)17/h3-9H,2H2,1H3. The average molecular weight is 246 g/mol. The molecule has 2 aromatic carbocycles. The molecule has 0 amide bonds. The van der Waals surface area contributed by atoms with Crippen molar-refractivity contribution < 1.29 is 13.6 Å². The molecule has 0 radical (unpaired) electrons. The van der Waals surface area contributed by atoms with E-state index in [1.807, 2.05) is 0 Å². The molecule has 0 fully saturated rings. The van der Waals surface area contributed by atoms with Crippen molar-refractivity contribution in [3.8, 4) is 11.1 Å². The molecule has 0 unspecified atom stereocenters. The zero-order valence-electron chi connectivity index (χ0n) is 9.91. The predicted octanol–water partition coefficient (Wildman–Crippen LogP) is 4.22. The van der Waals surface area contributed by atoms with Crippen LogP contribution < -0.4 is 0 Å². The highest BCUT2D eigenvalue weighted by atomic mass is 19.1. The number of halogens is 2. The first-order valence-corrected chi connectivity index (χ1v) is 5.71. The summed E-state index contributed by atoms with van der Waals surface area (Å²) in [4.78, 5) is 11.6. The minimum Gasteiger partial charge on any atom is -0.294 e. The van der Waals surface area contributed by atoms with Gasteiger partial charge < -0.3 is 0 Å². The van der Waals surface area contributed by atoms with Crippen molar-refractivity contribution in [1.29, 1.82) is 0 Å². The maximum absolute atomic E-state index is 13.6. The minimum atomic E-state index is -0.629. The van der Waals surface area contributed by atoms with Crippen LogP contribution in [0.4, 0.5) is 8.78 Å². The zero-order chi connectivity index (χ0) is 13.1. The lowest BCUT2D eigenvalue weighted by Crippen LogP contribution is -1.97. The van der Waals surface area contributed by atoms with Crippen LogP contribution in [0, 0.1) is 11.6 Å². The zero-order valence-corrected chi connectivity index (χ0v) is 9.91. The van der Waals surface area contributed by atoms with E-state index >= 15 is 0 Å². The third-order valence-electron chi connectivity index (χ3n) is 2.76. The molecule has 2 rings (SSSR count). The molecule has 0 saturated heterocycles. The van der Waals surface area contributed by atoms with Crippen molar-refractivity contribution in [2.24, 2.45) is 0 Å². The second kappa shape index (κ2) is 5.08. The number of hydrogen-bond acceptors (Lipinski definition) is 1. The van der Waals surface area contributed by atoms with Gasteiger partial charge in [0.1, 0.15) is 11.6 Å². The van der Waals surface area contributed by atoms with Crippen LogP contribution in [0.1, 0.15) is 23.7 Å². The van der Waals surface area contributed by atoms with Gasteiger partial charge in [0.2, 0.25) is 0 Å². The van der Waals surface area contributed by atoms with Crippen LogP contribution in [0.3, 0.4) is 0 Å². The Hall–Kier alpha value is -2.03. The van der Waals surface area contributed by atoms with E-state index in [2.05, 4.69) is 0 Å². The Morgan fingerprint density at radius 2 is 1.67 bits per heavy atom. The lowest BCUT2D eigenvalue weighted by molar-refractivity contribution is 0.0988. The van der Waals surface area contributed by atoms with Gasteiger partial charge in [-0.25, -0.2) is 8.78 Å². The summed E-state index contributed by atoms with van der Waals surface area (Å²) < 4.78 is 27.3. The lowest BCUT2D eigenvalue weighted by atomic mass is 10.00. The van der Waals surface area contributed by atoms with Gasteiger partial charge in [0.05, 0.1) is 5.56 Å². The van der Waals surface area contributed by atoms with Crippen LogP contribution in [0.5, 0.6) is 0 Å². The van der Waals surface area contributed by atoms with Crippen molar-refractivity contribution in [2.75, 3.05) is 0 Å². The third kappa shape index (κ3) is 2.30.